The Morgan fingerprint density at radius 2 is 1.94 bits per heavy atom. The standard InChI is InChI=1S/C22H22ClN3O5/c1-11-8-15(28)13(10-14(11)23)19-18-20(25-24-19)22(29)26(6-7-27)21(18)12-4-5-16(30-2)17(9-12)31-3/h4-5,8-10,21,27-28H,6-7H2,1-3H3,(H,24,25). The summed E-state index contributed by atoms with van der Waals surface area (Å²) in [5.41, 5.74) is 3.21. The Kier molecular flexibility index (Phi) is 5.51. The second-order valence-electron chi connectivity index (χ2n) is 7.22. The first-order chi connectivity index (χ1) is 14.9. The number of fused-ring (bicyclic) bond motifs is 1. The summed E-state index contributed by atoms with van der Waals surface area (Å²) >= 11 is 6.30. The van der Waals surface area contributed by atoms with Gasteiger partial charge < -0.3 is 24.6 Å². The van der Waals surface area contributed by atoms with Crippen molar-refractivity contribution in [3.05, 3.63) is 57.7 Å². The maximum atomic E-state index is 13.1. The maximum Gasteiger partial charge on any atom is 0.273 e. The minimum atomic E-state index is -0.553. The van der Waals surface area contributed by atoms with Gasteiger partial charge in [0, 0.05) is 22.7 Å². The number of carbonyl (C=O) groups excluding carboxylic acids is 1. The number of nitrogens with one attached hydrogen (secondary N) is 1. The monoisotopic (exact) mass is 443 g/mol. The first-order valence-electron chi connectivity index (χ1n) is 9.62. The highest BCUT2D eigenvalue weighted by Gasteiger charge is 2.42. The van der Waals surface area contributed by atoms with Crippen molar-refractivity contribution in [1.82, 2.24) is 15.1 Å². The zero-order chi connectivity index (χ0) is 22.3. The van der Waals surface area contributed by atoms with E-state index >= 15 is 0 Å². The lowest BCUT2D eigenvalue weighted by Crippen LogP contribution is -2.32. The topological polar surface area (TPSA) is 108 Å². The van der Waals surface area contributed by atoms with Gasteiger partial charge in [0.2, 0.25) is 0 Å². The number of phenolic OH excluding ortho intramolecular Hbond substituents is 1. The number of hydrogen-bond donors (Lipinski definition) is 3. The van der Waals surface area contributed by atoms with Gasteiger partial charge in [0.05, 0.1) is 26.9 Å². The summed E-state index contributed by atoms with van der Waals surface area (Å²) in [6.07, 6.45) is 0. The van der Waals surface area contributed by atoms with Crippen molar-refractivity contribution >= 4 is 17.5 Å². The van der Waals surface area contributed by atoms with E-state index in [0.29, 0.717) is 39.0 Å². The number of H-pyrrole nitrogens is 1. The summed E-state index contributed by atoms with van der Waals surface area (Å²) in [5.74, 6) is 0.784. The molecule has 0 saturated heterocycles. The van der Waals surface area contributed by atoms with E-state index in [2.05, 4.69) is 10.2 Å². The van der Waals surface area contributed by atoms with Crippen LogP contribution in [0.2, 0.25) is 5.02 Å². The molecule has 1 aromatic heterocycles. The van der Waals surface area contributed by atoms with Gasteiger partial charge in [-0.05, 0) is 42.3 Å². The Hall–Kier alpha value is -3.23. The smallest absolute Gasteiger partial charge is 0.273 e. The highest BCUT2D eigenvalue weighted by Crippen LogP contribution is 2.46. The van der Waals surface area contributed by atoms with E-state index in [0.717, 1.165) is 11.1 Å². The van der Waals surface area contributed by atoms with Crippen LogP contribution in [-0.2, 0) is 0 Å². The third-order valence-corrected chi connectivity index (χ3v) is 5.87. The van der Waals surface area contributed by atoms with E-state index in [9.17, 15) is 15.0 Å². The first kappa shape index (κ1) is 21.0. The van der Waals surface area contributed by atoms with E-state index in [1.54, 1.807) is 43.2 Å². The van der Waals surface area contributed by atoms with Crippen LogP contribution in [0.4, 0.5) is 0 Å². The van der Waals surface area contributed by atoms with Crippen LogP contribution in [-0.4, -0.2) is 58.6 Å². The van der Waals surface area contributed by atoms with Gasteiger partial charge in [-0.25, -0.2) is 0 Å². The van der Waals surface area contributed by atoms with Gasteiger partial charge in [0.1, 0.15) is 17.1 Å². The predicted molar refractivity (Wildman–Crippen MR) is 115 cm³/mol. The van der Waals surface area contributed by atoms with Gasteiger partial charge in [-0.2, -0.15) is 5.10 Å². The van der Waals surface area contributed by atoms with Crippen molar-refractivity contribution < 1.29 is 24.5 Å². The van der Waals surface area contributed by atoms with Crippen molar-refractivity contribution in [3.63, 3.8) is 0 Å². The number of β-amino-alcohol motifs (C(OH)–C–C–N with tert-alkyl or cyclic N) is 1. The molecular weight excluding hydrogens is 422 g/mol. The van der Waals surface area contributed by atoms with E-state index in [-0.39, 0.29) is 24.8 Å². The van der Waals surface area contributed by atoms with Crippen LogP contribution in [0.15, 0.2) is 30.3 Å². The quantitative estimate of drug-likeness (QED) is 0.539. The van der Waals surface area contributed by atoms with Crippen molar-refractivity contribution in [2.45, 2.75) is 13.0 Å². The number of amides is 1. The number of rotatable bonds is 6. The molecule has 1 aliphatic rings. The normalized spacial score (nSPS) is 15.3. The molecule has 0 spiro atoms. The predicted octanol–water partition coefficient (Wildman–Crippen LogP) is 3.30. The molecule has 1 atom stereocenters. The number of aryl methyl sites for hydroxylation is 1. The molecule has 3 N–H and O–H groups in total. The molecule has 0 saturated carbocycles. The lowest BCUT2D eigenvalue weighted by atomic mass is 9.95. The van der Waals surface area contributed by atoms with Crippen LogP contribution in [0, 0.1) is 6.92 Å². The van der Waals surface area contributed by atoms with Gasteiger partial charge in [0.15, 0.2) is 11.5 Å². The Morgan fingerprint density at radius 1 is 1.19 bits per heavy atom. The SMILES string of the molecule is COc1ccc(C2c3c(-c4cc(Cl)c(C)cc4O)n[nH]c3C(=O)N2CCO)cc1OC. The Balaban J connectivity index is 1.93. The fraction of sp³-hybridized carbons (Fsp3) is 0.273. The highest BCUT2D eigenvalue weighted by atomic mass is 35.5. The number of hydrogen-bond acceptors (Lipinski definition) is 6. The molecule has 8 nitrogen and oxygen atoms in total. The Labute approximate surface area is 184 Å². The van der Waals surface area contributed by atoms with Crippen molar-refractivity contribution in [3.8, 4) is 28.5 Å². The van der Waals surface area contributed by atoms with Crippen LogP contribution in [0.25, 0.3) is 11.3 Å². The number of phenols is 1. The largest absolute Gasteiger partial charge is 0.507 e. The van der Waals surface area contributed by atoms with Gasteiger partial charge in [-0.15, -0.1) is 0 Å². The number of aromatic amines is 1. The molecule has 162 valence electrons. The number of aromatic nitrogens is 2. The molecule has 31 heavy (non-hydrogen) atoms. The van der Waals surface area contributed by atoms with Crippen LogP contribution < -0.4 is 9.47 Å². The average molecular weight is 444 g/mol. The van der Waals surface area contributed by atoms with Crippen LogP contribution >= 0.6 is 11.6 Å². The number of carbonyl (C=O) groups is 1. The molecular formula is C22H22ClN3O5. The van der Waals surface area contributed by atoms with Crippen molar-refractivity contribution in [1.29, 1.82) is 0 Å². The molecule has 0 fully saturated rings. The summed E-state index contributed by atoms with van der Waals surface area (Å²) < 4.78 is 10.8. The number of aliphatic hydroxyl groups excluding tert-OH is 1. The number of aliphatic hydroxyl groups is 1. The second kappa shape index (κ2) is 8.13. The lowest BCUT2D eigenvalue weighted by molar-refractivity contribution is 0.0706. The van der Waals surface area contributed by atoms with E-state index in [4.69, 9.17) is 21.1 Å². The molecule has 1 aliphatic heterocycles. The van der Waals surface area contributed by atoms with Crippen LogP contribution in [0.3, 0.4) is 0 Å². The van der Waals surface area contributed by atoms with E-state index in [1.807, 2.05) is 6.07 Å². The Morgan fingerprint density at radius 3 is 2.61 bits per heavy atom. The second-order valence-corrected chi connectivity index (χ2v) is 7.63. The first-order valence-corrected chi connectivity index (χ1v) is 10.0. The zero-order valence-electron chi connectivity index (χ0n) is 17.3. The summed E-state index contributed by atoms with van der Waals surface area (Å²) in [5, 5.41) is 27.8. The molecule has 0 aliphatic carbocycles. The number of methoxy groups -OCH3 is 2. The minimum absolute atomic E-state index is 0.00955. The molecule has 1 unspecified atom stereocenters. The number of halogens is 1. The maximum absolute atomic E-state index is 13.1. The molecule has 3 aromatic rings. The van der Waals surface area contributed by atoms with Gasteiger partial charge >= 0.3 is 0 Å². The molecule has 9 heteroatoms. The number of benzene rings is 2. The number of aromatic hydroxyl groups is 1. The molecule has 0 bridgehead atoms. The zero-order valence-corrected chi connectivity index (χ0v) is 18.0. The van der Waals surface area contributed by atoms with Gasteiger partial charge in [0.25, 0.3) is 5.91 Å². The lowest BCUT2D eigenvalue weighted by Gasteiger charge is -2.26. The summed E-state index contributed by atoms with van der Waals surface area (Å²) in [6.45, 7) is 1.71. The summed E-state index contributed by atoms with van der Waals surface area (Å²) in [7, 11) is 3.08. The van der Waals surface area contributed by atoms with Crippen LogP contribution in [0.1, 0.15) is 33.2 Å². The molecule has 4 rings (SSSR count). The highest BCUT2D eigenvalue weighted by molar-refractivity contribution is 6.31. The summed E-state index contributed by atoms with van der Waals surface area (Å²) in [6, 6.07) is 8.02. The molecule has 2 aromatic carbocycles. The fourth-order valence-corrected chi connectivity index (χ4v) is 4.13. The van der Waals surface area contributed by atoms with Gasteiger partial charge in [-0.1, -0.05) is 17.7 Å². The van der Waals surface area contributed by atoms with E-state index in [1.165, 1.54) is 7.11 Å². The van der Waals surface area contributed by atoms with Gasteiger partial charge in [-0.3, -0.25) is 9.89 Å². The summed E-state index contributed by atoms with van der Waals surface area (Å²) in [4.78, 5) is 14.7. The fourth-order valence-electron chi connectivity index (χ4n) is 3.97. The molecule has 1 amide bonds. The molecule has 2 heterocycles. The number of ether oxygens (including phenoxy) is 2. The van der Waals surface area contributed by atoms with Crippen molar-refractivity contribution in [2.75, 3.05) is 27.4 Å². The molecule has 0 radical (unpaired) electrons. The number of nitrogens with zero attached hydrogens (tertiary/aromatic N) is 2. The van der Waals surface area contributed by atoms with Crippen molar-refractivity contribution in [2.24, 2.45) is 0 Å². The van der Waals surface area contributed by atoms with Crippen LogP contribution in [0.5, 0.6) is 17.2 Å². The average Bonchev–Trinajstić information content (AvgIpc) is 3.30. The third-order valence-electron chi connectivity index (χ3n) is 5.46. The van der Waals surface area contributed by atoms with E-state index < -0.39 is 6.04 Å². The Bertz CT molecular complexity index is 1160. The third kappa shape index (κ3) is 3.37. The minimum Gasteiger partial charge on any atom is -0.507 e.